The number of nitrogens with zero attached hydrogens (tertiary/aromatic N) is 2. The molecule has 1 fully saturated rings. The van der Waals surface area contributed by atoms with Crippen LogP contribution in [0, 0.1) is 6.92 Å². The van der Waals surface area contributed by atoms with Crippen molar-refractivity contribution in [2.45, 2.75) is 6.92 Å². The minimum absolute atomic E-state index is 0.111. The number of quaternary nitrogens is 1. The summed E-state index contributed by atoms with van der Waals surface area (Å²) in [6.07, 6.45) is 1.93. The van der Waals surface area contributed by atoms with Gasteiger partial charge in [0.2, 0.25) is 0 Å². The monoisotopic (exact) mass is 288 g/mol. The number of amides is 1. The van der Waals surface area contributed by atoms with Crippen molar-refractivity contribution in [3.63, 3.8) is 0 Å². The van der Waals surface area contributed by atoms with E-state index in [1.165, 1.54) is 17.3 Å². The Bertz CT molecular complexity index is 571. The molecule has 5 heteroatoms. The van der Waals surface area contributed by atoms with E-state index >= 15 is 0 Å². The van der Waals surface area contributed by atoms with Crippen molar-refractivity contribution < 1.29 is 10.1 Å². The molecule has 1 aromatic rings. The van der Waals surface area contributed by atoms with Crippen LogP contribution in [0.3, 0.4) is 0 Å². The third-order valence-electron chi connectivity index (χ3n) is 3.46. The Labute approximate surface area is 123 Å². The van der Waals surface area contributed by atoms with Crippen molar-refractivity contribution in [3.05, 3.63) is 40.3 Å². The standard InChI is InChI=1S/C15H17N3OS/c1-11-2-4-12(5-3-11)10-13-14(19)17-15(20-13)18-8-6-16-7-9-18/h2-5,10,16H,6-9H2,1H3/p+1. The highest BCUT2D eigenvalue weighted by molar-refractivity contribution is 8.18. The number of thioether (sulfide) groups is 1. The van der Waals surface area contributed by atoms with Crippen LogP contribution in [0.1, 0.15) is 11.1 Å². The maximum atomic E-state index is 12.0. The van der Waals surface area contributed by atoms with E-state index in [9.17, 15) is 4.79 Å². The number of carbonyl (C=O) groups excluding carboxylic acids is 1. The van der Waals surface area contributed by atoms with E-state index in [1.54, 1.807) is 0 Å². The van der Waals surface area contributed by atoms with Gasteiger partial charge in [0.1, 0.15) is 0 Å². The molecule has 0 bridgehead atoms. The number of aliphatic imine (C=N–C) groups is 1. The molecule has 1 saturated heterocycles. The Morgan fingerprint density at radius 2 is 1.95 bits per heavy atom. The second-order valence-corrected chi connectivity index (χ2v) is 6.08. The zero-order chi connectivity index (χ0) is 13.9. The molecule has 0 aliphatic carbocycles. The lowest BCUT2D eigenvalue weighted by atomic mass is 10.1. The minimum atomic E-state index is -0.111. The lowest BCUT2D eigenvalue weighted by molar-refractivity contribution is -0.661. The molecule has 0 radical (unpaired) electrons. The fraction of sp³-hybridized carbons (Fsp3) is 0.333. The molecular weight excluding hydrogens is 270 g/mol. The molecule has 2 aliphatic rings. The van der Waals surface area contributed by atoms with Crippen molar-refractivity contribution in [1.29, 1.82) is 0 Å². The van der Waals surface area contributed by atoms with Crippen LogP contribution in [0.25, 0.3) is 6.08 Å². The van der Waals surface area contributed by atoms with Crippen LogP contribution < -0.4 is 5.32 Å². The SMILES string of the molecule is Cc1ccc(C=C2SC(N3CC[NH2+]CC3)=NC2=O)cc1. The minimum Gasteiger partial charge on any atom is -0.343 e. The summed E-state index contributed by atoms with van der Waals surface area (Å²) < 4.78 is 0. The fourth-order valence-corrected chi connectivity index (χ4v) is 3.25. The molecule has 0 aromatic heterocycles. The van der Waals surface area contributed by atoms with E-state index in [1.807, 2.05) is 18.2 Å². The summed E-state index contributed by atoms with van der Waals surface area (Å²) in [6.45, 7) is 6.14. The molecule has 3 rings (SSSR count). The highest BCUT2D eigenvalue weighted by Gasteiger charge is 2.27. The van der Waals surface area contributed by atoms with Gasteiger partial charge in [0.05, 0.1) is 31.1 Å². The Morgan fingerprint density at radius 1 is 1.25 bits per heavy atom. The van der Waals surface area contributed by atoms with E-state index < -0.39 is 0 Å². The third kappa shape index (κ3) is 2.94. The smallest absolute Gasteiger partial charge is 0.286 e. The molecule has 20 heavy (non-hydrogen) atoms. The number of carbonyl (C=O) groups is 1. The van der Waals surface area contributed by atoms with Gasteiger partial charge in [-0.3, -0.25) is 4.79 Å². The molecule has 0 unspecified atom stereocenters. The lowest BCUT2D eigenvalue weighted by Gasteiger charge is -2.25. The predicted molar refractivity (Wildman–Crippen MR) is 82.4 cm³/mol. The summed E-state index contributed by atoms with van der Waals surface area (Å²) in [5.41, 5.74) is 2.27. The highest BCUT2D eigenvalue weighted by Crippen LogP contribution is 2.30. The Kier molecular flexibility index (Phi) is 3.89. The number of amidine groups is 1. The van der Waals surface area contributed by atoms with Crippen LogP contribution in [-0.2, 0) is 4.79 Å². The van der Waals surface area contributed by atoms with Crippen molar-refractivity contribution in [3.8, 4) is 0 Å². The largest absolute Gasteiger partial charge is 0.343 e. The van der Waals surface area contributed by atoms with E-state index in [-0.39, 0.29) is 5.91 Å². The number of hydrogen-bond acceptors (Lipinski definition) is 3. The van der Waals surface area contributed by atoms with Crippen LogP contribution in [0.5, 0.6) is 0 Å². The van der Waals surface area contributed by atoms with E-state index in [4.69, 9.17) is 0 Å². The van der Waals surface area contributed by atoms with Crippen molar-refractivity contribution in [2.24, 2.45) is 4.99 Å². The van der Waals surface area contributed by atoms with Gasteiger partial charge in [-0.25, -0.2) is 0 Å². The summed E-state index contributed by atoms with van der Waals surface area (Å²) in [4.78, 5) is 19.1. The van der Waals surface area contributed by atoms with E-state index in [0.717, 1.165) is 41.8 Å². The second kappa shape index (κ2) is 5.81. The molecule has 1 amide bonds. The number of nitrogens with two attached hydrogens (primary N) is 1. The average molecular weight is 288 g/mol. The molecule has 0 saturated carbocycles. The van der Waals surface area contributed by atoms with Crippen molar-refractivity contribution >= 4 is 28.9 Å². The maximum Gasteiger partial charge on any atom is 0.286 e. The molecule has 4 nitrogen and oxygen atoms in total. The first-order valence-corrected chi connectivity index (χ1v) is 7.70. The summed E-state index contributed by atoms with van der Waals surface area (Å²) in [7, 11) is 0. The lowest BCUT2D eigenvalue weighted by Crippen LogP contribution is -2.89. The second-order valence-electron chi connectivity index (χ2n) is 5.07. The zero-order valence-corrected chi connectivity index (χ0v) is 12.3. The Balaban J connectivity index is 1.74. The van der Waals surface area contributed by atoms with Gasteiger partial charge in [-0.05, 0) is 30.3 Å². The first-order chi connectivity index (χ1) is 9.72. The molecule has 2 aliphatic heterocycles. The van der Waals surface area contributed by atoms with Crippen LogP contribution >= 0.6 is 11.8 Å². The van der Waals surface area contributed by atoms with Crippen molar-refractivity contribution in [1.82, 2.24) is 4.90 Å². The highest BCUT2D eigenvalue weighted by atomic mass is 32.2. The van der Waals surface area contributed by atoms with Gasteiger partial charge in [-0.15, -0.1) is 0 Å². The van der Waals surface area contributed by atoms with Gasteiger partial charge in [0, 0.05) is 0 Å². The Morgan fingerprint density at radius 3 is 2.65 bits per heavy atom. The van der Waals surface area contributed by atoms with E-state index in [2.05, 4.69) is 34.3 Å². The number of piperazine rings is 1. The maximum absolute atomic E-state index is 12.0. The quantitative estimate of drug-likeness (QED) is 0.779. The van der Waals surface area contributed by atoms with Gasteiger partial charge >= 0.3 is 0 Å². The average Bonchev–Trinajstić information content (AvgIpc) is 2.84. The van der Waals surface area contributed by atoms with Gasteiger partial charge in [0.25, 0.3) is 5.91 Å². The molecule has 0 spiro atoms. The number of rotatable bonds is 1. The summed E-state index contributed by atoms with van der Waals surface area (Å²) >= 11 is 1.50. The first kappa shape index (κ1) is 13.4. The molecule has 104 valence electrons. The van der Waals surface area contributed by atoms with Crippen LogP contribution in [0.15, 0.2) is 34.2 Å². The third-order valence-corrected chi connectivity index (χ3v) is 4.51. The van der Waals surface area contributed by atoms with Gasteiger partial charge in [-0.2, -0.15) is 4.99 Å². The summed E-state index contributed by atoms with van der Waals surface area (Å²) in [6, 6.07) is 8.17. The first-order valence-electron chi connectivity index (χ1n) is 6.88. The fourth-order valence-electron chi connectivity index (χ4n) is 2.29. The molecule has 2 N–H and O–H groups in total. The zero-order valence-electron chi connectivity index (χ0n) is 11.5. The van der Waals surface area contributed by atoms with Crippen LogP contribution in [0.2, 0.25) is 0 Å². The van der Waals surface area contributed by atoms with Crippen molar-refractivity contribution in [2.75, 3.05) is 26.2 Å². The Hall–Kier alpha value is -1.59. The van der Waals surface area contributed by atoms with Gasteiger partial charge < -0.3 is 10.2 Å². The number of benzene rings is 1. The molecular formula is C15H18N3OS+. The van der Waals surface area contributed by atoms with Gasteiger partial charge in [-0.1, -0.05) is 29.8 Å². The van der Waals surface area contributed by atoms with Crippen LogP contribution in [-0.4, -0.2) is 42.2 Å². The molecule has 0 atom stereocenters. The normalized spacial score (nSPS) is 21.4. The number of aryl methyl sites for hydroxylation is 1. The molecule has 2 heterocycles. The summed E-state index contributed by atoms with van der Waals surface area (Å²) in [5.74, 6) is -0.111. The number of hydrogen-bond donors (Lipinski definition) is 1. The summed E-state index contributed by atoms with van der Waals surface area (Å²) in [5, 5.41) is 3.16. The van der Waals surface area contributed by atoms with Gasteiger partial charge in [0.15, 0.2) is 5.17 Å². The molecule has 1 aromatic carbocycles. The van der Waals surface area contributed by atoms with Crippen LogP contribution in [0.4, 0.5) is 0 Å². The predicted octanol–water partition coefficient (Wildman–Crippen LogP) is 0.844. The topological polar surface area (TPSA) is 49.3 Å². The van der Waals surface area contributed by atoms with E-state index in [0.29, 0.717) is 0 Å².